The number of halogens is 1. The molecular formula is C16H15BrN2O3. The van der Waals surface area contributed by atoms with Gasteiger partial charge in [-0.1, -0.05) is 40.2 Å². The van der Waals surface area contributed by atoms with Gasteiger partial charge in [0, 0.05) is 17.6 Å². The van der Waals surface area contributed by atoms with Crippen molar-refractivity contribution in [1.29, 1.82) is 0 Å². The van der Waals surface area contributed by atoms with Gasteiger partial charge in [-0.3, -0.25) is 0 Å². The first-order valence-electron chi connectivity index (χ1n) is 6.86. The van der Waals surface area contributed by atoms with E-state index in [0.29, 0.717) is 18.8 Å². The molecule has 0 unspecified atom stereocenters. The average molecular weight is 363 g/mol. The number of carbonyl (C=O) groups excluding carboxylic acids is 1. The SMILES string of the molecule is O=C(NCc1ccc2c(c1)OCO2)NCc1ccccc1Br. The Labute approximate surface area is 136 Å². The highest BCUT2D eigenvalue weighted by molar-refractivity contribution is 9.10. The molecule has 5 nitrogen and oxygen atoms in total. The molecule has 0 aliphatic carbocycles. The molecule has 22 heavy (non-hydrogen) atoms. The van der Waals surface area contributed by atoms with Crippen molar-refractivity contribution in [1.82, 2.24) is 10.6 Å². The molecule has 2 aromatic carbocycles. The molecule has 0 atom stereocenters. The van der Waals surface area contributed by atoms with Gasteiger partial charge in [0.2, 0.25) is 6.79 Å². The van der Waals surface area contributed by atoms with Gasteiger partial charge in [0.25, 0.3) is 0 Å². The molecule has 0 spiro atoms. The third-order valence-corrected chi connectivity index (χ3v) is 4.06. The fraction of sp³-hybridized carbons (Fsp3) is 0.188. The van der Waals surface area contributed by atoms with Crippen molar-refractivity contribution in [2.24, 2.45) is 0 Å². The number of fused-ring (bicyclic) bond motifs is 1. The lowest BCUT2D eigenvalue weighted by atomic mass is 10.2. The summed E-state index contributed by atoms with van der Waals surface area (Å²) < 4.78 is 11.5. The van der Waals surface area contributed by atoms with Crippen LogP contribution in [0.25, 0.3) is 0 Å². The van der Waals surface area contributed by atoms with Crippen LogP contribution in [0, 0.1) is 0 Å². The summed E-state index contributed by atoms with van der Waals surface area (Å²) in [5.41, 5.74) is 1.99. The van der Waals surface area contributed by atoms with Gasteiger partial charge >= 0.3 is 6.03 Å². The minimum atomic E-state index is -0.214. The van der Waals surface area contributed by atoms with Crippen molar-refractivity contribution < 1.29 is 14.3 Å². The van der Waals surface area contributed by atoms with Crippen molar-refractivity contribution in [3.63, 3.8) is 0 Å². The maximum absolute atomic E-state index is 11.8. The third-order valence-electron chi connectivity index (χ3n) is 3.29. The molecular weight excluding hydrogens is 348 g/mol. The standard InChI is InChI=1S/C16H15BrN2O3/c17-13-4-2-1-3-12(13)9-19-16(20)18-8-11-5-6-14-15(7-11)22-10-21-14/h1-7H,8-10H2,(H2,18,19,20). The monoisotopic (exact) mass is 362 g/mol. The minimum absolute atomic E-state index is 0.214. The molecule has 0 bridgehead atoms. The summed E-state index contributed by atoms with van der Waals surface area (Å²) >= 11 is 3.45. The number of nitrogens with one attached hydrogen (secondary N) is 2. The van der Waals surface area contributed by atoms with Crippen molar-refractivity contribution in [2.75, 3.05) is 6.79 Å². The van der Waals surface area contributed by atoms with Gasteiger partial charge in [-0.05, 0) is 29.3 Å². The Morgan fingerprint density at radius 2 is 1.82 bits per heavy atom. The second-order valence-electron chi connectivity index (χ2n) is 4.82. The number of hydrogen-bond acceptors (Lipinski definition) is 3. The maximum atomic E-state index is 11.8. The molecule has 0 aromatic heterocycles. The van der Waals surface area contributed by atoms with Gasteiger partial charge in [-0.15, -0.1) is 0 Å². The highest BCUT2D eigenvalue weighted by Crippen LogP contribution is 2.32. The topological polar surface area (TPSA) is 59.6 Å². The first kappa shape index (κ1) is 14.7. The second-order valence-corrected chi connectivity index (χ2v) is 5.67. The molecule has 3 rings (SSSR count). The zero-order chi connectivity index (χ0) is 15.4. The van der Waals surface area contributed by atoms with E-state index in [1.54, 1.807) is 0 Å². The largest absolute Gasteiger partial charge is 0.454 e. The second kappa shape index (κ2) is 6.70. The van der Waals surface area contributed by atoms with E-state index in [1.807, 2.05) is 42.5 Å². The Morgan fingerprint density at radius 3 is 2.68 bits per heavy atom. The molecule has 114 valence electrons. The molecule has 1 heterocycles. The molecule has 0 radical (unpaired) electrons. The predicted molar refractivity (Wildman–Crippen MR) is 85.8 cm³/mol. The lowest BCUT2D eigenvalue weighted by Gasteiger charge is -2.09. The number of urea groups is 1. The predicted octanol–water partition coefficient (Wildman–Crippen LogP) is 3.18. The van der Waals surface area contributed by atoms with Crippen LogP contribution in [-0.2, 0) is 13.1 Å². The summed E-state index contributed by atoms with van der Waals surface area (Å²) in [5, 5.41) is 5.64. The molecule has 1 aliphatic rings. The van der Waals surface area contributed by atoms with Gasteiger partial charge in [-0.2, -0.15) is 0 Å². The van der Waals surface area contributed by atoms with Crippen LogP contribution < -0.4 is 20.1 Å². The molecule has 6 heteroatoms. The van der Waals surface area contributed by atoms with E-state index in [4.69, 9.17) is 9.47 Å². The average Bonchev–Trinajstić information content (AvgIpc) is 2.99. The Morgan fingerprint density at radius 1 is 1.05 bits per heavy atom. The van der Waals surface area contributed by atoms with Crippen molar-refractivity contribution >= 4 is 22.0 Å². The molecule has 1 aliphatic heterocycles. The highest BCUT2D eigenvalue weighted by Gasteiger charge is 2.13. The summed E-state index contributed by atoms with van der Waals surface area (Å²) in [7, 11) is 0. The lowest BCUT2D eigenvalue weighted by Crippen LogP contribution is -2.34. The van der Waals surface area contributed by atoms with Crippen molar-refractivity contribution in [2.45, 2.75) is 13.1 Å². The first-order chi connectivity index (χ1) is 10.7. The summed E-state index contributed by atoms with van der Waals surface area (Å²) in [6.07, 6.45) is 0. The fourth-order valence-corrected chi connectivity index (χ4v) is 2.54. The van der Waals surface area contributed by atoms with Crippen molar-refractivity contribution in [3.8, 4) is 11.5 Å². The molecule has 0 saturated carbocycles. The smallest absolute Gasteiger partial charge is 0.315 e. The quantitative estimate of drug-likeness (QED) is 0.877. The van der Waals surface area contributed by atoms with Crippen LogP contribution in [0.1, 0.15) is 11.1 Å². The van der Waals surface area contributed by atoms with Gasteiger partial charge in [-0.25, -0.2) is 4.79 Å². The Balaban J connectivity index is 1.49. The normalized spacial score (nSPS) is 12.0. The van der Waals surface area contributed by atoms with Gasteiger partial charge in [0.1, 0.15) is 0 Å². The van der Waals surface area contributed by atoms with Crippen LogP contribution in [-0.4, -0.2) is 12.8 Å². The van der Waals surface area contributed by atoms with Gasteiger partial charge < -0.3 is 20.1 Å². The van der Waals surface area contributed by atoms with Crippen LogP contribution in [0.15, 0.2) is 46.9 Å². The van der Waals surface area contributed by atoms with Crippen molar-refractivity contribution in [3.05, 3.63) is 58.1 Å². The first-order valence-corrected chi connectivity index (χ1v) is 7.65. The molecule has 0 fully saturated rings. The van der Waals surface area contributed by atoms with Gasteiger partial charge in [0.05, 0.1) is 0 Å². The zero-order valence-corrected chi connectivity index (χ0v) is 13.4. The van der Waals surface area contributed by atoms with E-state index in [1.165, 1.54) is 0 Å². The van der Waals surface area contributed by atoms with E-state index in [-0.39, 0.29) is 12.8 Å². The summed E-state index contributed by atoms with van der Waals surface area (Å²) in [6, 6.07) is 13.2. The maximum Gasteiger partial charge on any atom is 0.315 e. The number of amides is 2. The summed E-state index contributed by atoms with van der Waals surface area (Å²) in [4.78, 5) is 11.8. The summed E-state index contributed by atoms with van der Waals surface area (Å²) in [5.74, 6) is 1.45. The zero-order valence-electron chi connectivity index (χ0n) is 11.8. The Kier molecular flexibility index (Phi) is 4.48. The Hall–Kier alpha value is -2.21. The van der Waals surface area contributed by atoms with E-state index in [2.05, 4.69) is 26.6 Å². The number of carbonyl (C=O) groups is 1. The lowest BCUT2D eigenvalue weighted by molar-refractivity contribution is 0.174. The number of rotatable bonds is 4. The van der Waals surface area contributed by atoms with Crippen LogP contribution in [0.4, 0.5) is 4.79 Å². The fourth-order valence-electron chi connectivity index (χ4n) is 2.11. The number of ether oxygens (including phenoxy) is 2. The van der Waals surface area contributed by atoms with Crippen LogP contribution >= 0.6 is 15.9 Å². The van der Waals surface area contributed by atoms with Gasteiger partial charge in [0.15, 0.2) is 11.5 Å². The van der Waals surface area contributed by atoms with E-state index >= 15 is 0 Å². The molecule has 2 amide bonds. The van der Waals surface area contributed by atoms with Crippen LogP contribution in [0.5, 0.6) is 11.5 Å². The van der Waals surface area contributed by atoms with E-state index in [0.717, 1.165) is 21.3 Å². The van der Waals surface area contributed by atoms with Crippen LogP contribution in [0.2, 0.25) is 0 Å². The molecule has 0 saturated heterocycles. The summed E-state index contributed by atoms with van der Waals surface area (Å²) in [6.45, 7) is 1.14. The molecule has 2 N–H and O–H groups in total. The Bertz CT molecular complexity index is 691. The molecule has 2 aromatic rings. The number of benzene rings is 2. The van der Waals surface area contributed by atoms with Crippen LogP contribution in [0.3, 0.4) is 0 Å². The number of hydrogen-bond donors (Lipinski definition) is 2. The highest BCUT2D eigenvalue weighted by atomic mass is 79.9. The van der Waals surface area contributed by atoms with E-state index in [9.17, 15) is 4.79 Å². The van der Waals surface area contributed by atoms with E-state index < -0.39 is 0 Å². The minimum Gasteiger partial charge on any atom is -0.454 e. The third kappa shape index (κ3) is 3.51.